The monoisotopic (exact) mass is 301 g/mol. The zero-order valence-corrected chi connectivity index (χ0v) is 11.7. The molecule has 0 aliphatic heterocycles. The van der Waals surface area contributed by atoms with E-state index in [9.17, 15) is 9.18 Å². The highest BCUT2D eigenvalue weighted by atomic mass is 79.9. The number of hydrogen-bond donors (Lipinski definition) is 1. The summed E-state index contributed by atoms with van der Waals surface area (Å²) in [6.45, 7) is 3.75. The summed E-state index contributed by atoms with van der Waals surface area (Å²) >= 11 is 3.26. The van der Waals surface area contributed by atoms with E-state index in [0.29, 0.717) is 18.4 Å². The van der Waals surface area contributed by atoms with E-state index in [-0.39, 0.29) is 23.6 Å². The lowest BCUT2D eigenvalue weighted by molar-refractivity contribution is -0.118. The van der Waals surface area contributed by atoms with E-state index in [0.717, 1.165) is 4.47 Å². The van der Waals surface area contributed by atoms with Crippen molar-refractivity contribution in [1.29, 1.82) is 0 Å². The third kappa shape index (κ3) is 5.41. The van der Waals surface area contributed by atoms with Crippen LogP contribution in [0.4, 0.5) is 4.39 Å². The van der Waals surface area contributed by atoms with Gasteiger partial charge >= 0.3 is 0 Å². The Labute approximate surface area is 110 Å². The van der Waals surface area contributed by atoms with Crippen molar-refractivity contribution in [3.05, 3.63) is 34.1 Å². The Bertz CT molecular complexity index is 412. The second-order valence-corrected chi connectivity index (χ2v) is 5.86. The number of ketones is 1. The lowest BCUT2D eigenvalue weighted by Crippen LogP contribution is -2.32. The average molecular weight is 302 g/mol. The molecule has 2 nitrogen and oxygen atoms in total. The van der Waals surface area contributed by atoms with E-state index >= 15 is 0 Å². The lowest BCUT2D eigenvalue weighted by Gasteiger charge is -2.17. The van der Waals surface area contributed by atoms with Crippen molar-refractivity contribution >= 4 is 21.7 Å². The van der Waals surface area contributed by atoms with Gasteiger partial charge in [-0.05, 0) is 44.0 Å². The predicted octanol–water partition coefficient (Wildman–Crippen LogP) is 3.22. The van der Waals surface area contributed by atoms with Crippen molar-refractivity contribution in [3.63, 3.8) is 0 Å². The quantitative estimate of drug-likeness (QED) is 0.907. The average Bonchev–Trinajstić information content (AvgIpc) is 2.20. The lowest BCUT2D eigenvalue weighted by atomic mass is 9.96. The van der Waals surface area contributed by atoms with Gasteiger partial charge in [-0.25, -0.2) is 4.39 Å². The molecule has 0 aliphatic rings. The highest BCUT2D eigenvalue weighted by Gasteiger charge is 2.14. The maximum absolute atomic E-state index is 13.4. The molecule has 0 fully saturated rings. The zero-order chi connectivity index (χ0) is 13.1. The second-order valence-electron chi connectivity index (χ2n) is 4.94. The van der Waals surface area contributed by atoms with E-state index in [4.69, 9.17) is 5.73 Å². The molecule has 94 valence electrons. The van der Waals surface area contributed by atoms with Crippen LogP contribution in [0.15, 0.2) is 22.7 Å². The number of halogens is 2. The summed E-state index contributed by atoms with van der Waals surface area (Å²) in [6.07, 6.45) is 1.12. The Kier molecular flexibility index (Phi) is 4.83. The SMILES string of the molecule is CC(C)(N)CCC(=O)Cc1cc(Br)ccc1F. The van der Waals surface area contributed by atoms with Gasteiger partial charge in [0.15, 0.2) is 0 Å². The van der Waals surface area contributed by atoms with Gasteiger partial charge in [0.05, 0.1) is 0 Å². The molecule has 0 atom stereocenters. The first-order valence-electron chi connectivity index (χ1n) is 5.52. The molecule has 1 rings (SSSR count). The number of carbonyl (C=O) groups is 1. The normalized spacial score (nSPS) is 11.6. The standard InChI is InChI=1S/C13H17BrFNO/c1-13(2,16)6-5-11(17)8-9-7-10(14)3-4-12(9)15/h3-4,7H,5-6,8,16H2,1-2H3. The third-order valence-electron chi connectivity index (χ3n) is 2.44. The van der Waals surface area contributed by atoms with Crippen LogP contribution in [0.25, 0.3) is 0 Å². The van der Waals surface area contributed by atoms with E-state index < -0.39 is 0 Å². The van der Waals surface area contributed by atoms with Gasteiger partial charge in [0.2, 0.25) is 0 Å². The maximum Gasteiger partial charge on any atom is 0.137 e. The maximum atomic E-state index is 13.4. The van der Waals surface area contributed by atoms with Crippen molar-refractivity contribution < 1.29 is 9.18 Å². The van der Waals surface area contributed by atoms with E-state index in [1.54, 1.807) is 12.1 Å². The number of hydrogen-bond acceptors (Lipinski definition) is 2. The van der Waals surface area contributed by atoms with Crippen LogP contribution in [-0.2, 0) is 11.2 Å². The Morgan fingerprint density at radius 1 is 1.47 bits per heavy atom. The Balaban J connectivity index is 2.59. The van der Waals surface area contributed by atoms with Gasteiger partial charge < -0.3 is 5.73 Å². The fourth-order valence-corrected chi connectivity index (χ4v) is 1.85. The smallest absolute Gasteiger partial charge is 0.137 e. The number of Topliss-reactive ketones (excluding diaryl/α,β-unsaturated/α-hetero) is 1. The molecule has 0 heterocycles. The molecule has 1 aromatic rings. The van der Waals surface area contributed by atoms with Crippen LogP contribution in [0.2, 0.25) is 0 Å². The van der Waals surface area contributed by atoms with Gasteiger partial charge in [0.1, 0.15) is 11.6 Å². The first-order chi connectivity index (χ1) is 7.78. The molecule has 17 heavy (non-hydrogen) atoms. The fraction of sp³-hybridized carbons (Fsp3) is 0.462. The summed E-state index contributed by atoms with van der Waals surface area (Å²) in [5.41, 5.74) is 5.87. The summed E-state index contributed by atoms with van der Waals surface area (Å²) < 4.78 is 14.2. The number of benzene rings is 1. The van der Waals surface area contributed by atoms with Gasteiger partial charge in [-0.1, -0.05) is 15.9 Å². The predicted molar refractivity (Wildman–Crippen MR) is 70.3 cm³/mol. The molecule has 0 amide bonds. The Morgan fingerprint density at radius 2 is 2.12 bits per heavy atom. The van der Waals surface area contributed by atoms with E-state index in [1.807, 2.05) is 13.8 Å². The largest absolute Gasteiger partial charge is 0.326 e. The van der Waals surface area contributed by atoms with Crippen molar-refractivity contribution in [2.45, 2.75) is 38.6 Å². The van der Waals surface area contributed by atoms with Crippen LogP contribution in [0, 0.1) is 5.82 Å². The topological polar surface area (TPSA) is 43.1 Å². The molecule has 4 heteroatoms. The van der Waals surface area contributed by atoms with Gasteiger partial charge in [0.25, 0.3) is 0 Å². The molecule has 2 N–H and O–H groups in total. The number of rotatable bonds is 5. The van der Waals surface area contributed by atoms with Crippen molar-refractivity contribution in [3.8, 4) is 0 Å². The fourth-order valence-electron chi connectivity index (χ4n) is 1.44. The summed E-state index contributed by atoms with van der Waals surface area (Å²) in [5, 5.41) is 0. The first kappa shape index (κ1) is 14.3. The minimum Gasteiger partial charge on any atom is -0.326 e. The van der Waals surface area contributed by atoms with E-state index in [2.05, 4.69) is 15.9 Å². The molecule has 0 aliphatic carbocycles. The van der Waals surface area contributed by atoms with Crippen LogP contribution in [-0.4, -0.2) is 11.3 Å². The number of nitrogens with two attached hydrogens (primary N) is 1. The van der Waals surface area contributed by atoms with Gasteiger partial charge in [0, 0.05) is 22.9 Å². The summed E-state index contributed by atoms with van der Waals surface area (Å²) in [4.78, 5) is 11.7. The minimum atomic E-state index is -0.356. The third-order valence-corrected chi connectivity index (χ3v) is 2.94. The Hall–Kier alpha value is -0.740. The minimum absolute atomic E-state index is 0.0144. The molecule has 0 aromatic heterocycles. The van der Waals surface area contributed by atoms with Gasteiger partial charge in [-0.3, -0.25) is 4.79 Å². The van der Waals surface area contributed by atoms with Crippen molar-refractivity contribution in [2.24, 2.45) is 5.73 Å². The molecule has 0 spiro atoms. The molecule has 0 saturated carbocycles. The van der Waals surface area contributed by atoms with Crippen LogP contribution >= 0.6 is 15.9 Å². The van der Waals surface area contributed by atoms with Gasteiger partial charge in [-0.2, -0.15) is 0 Å². The van der Waals surface area contributed by atoms with Crippen LogP contribution in [0.5, 0.6) is 0 Å². The van der Waals surface area contributed by atoms with Crippen LogP contribution in [0.1, 0.15) is 32.3 Å². The van der Waals surface area contributed by atoms with E-state index in [1.165, 1.54) is 6.07 Å². The van der Waals surface area contributed by atoms with Crippen molar-refractivity contribution in [2.75, 3.05) is 0 Å². The van der Waals surface area contributed by atoms with Crippen LogP contribution in [0.3, 0.4) is 0 Å². The molecular weight excluding hydrogens is 285 g/mol. The van der Waals surface area contributed by atoms with Gasteiger partial charge in [-0.15, -0.1) is 0 Å². The summed E-state index contributed by atoms with van der Waals surface area (Å²) in [6, 6.07) is 4.62. The summed E-state index contributed by atoms with van der Waals surface area (Å²) in [7, 11) is 0. The molecular formula is C13H17BrFNO. The molecule has 0 bridgehead atoms. The first-order valence-corrected chi connectivity index (χ1v) is 6.32. The molecule has 0 unspecified atom stereocenters. The molecule has 0 saturated heterocycles. The summed E-state index contributed by atoms with van der Waals surface area (Å²) in [5.74, 6) is -0.325. The Morgan fingerprint density at radius 3 is 2.71 bits per heavy atom. The highest BCUT2D eigenvalue weighted by Crippen LogP contribution is 2.17. The molecule has 1 aromatic carbocycles. The van der Waals surface area contributed by atoms with Crippen molar-refractivity contribution in [1.82, 2.24) is 0 Å². The molecule has 0 radical (unpaired) electrons. The second kappa shape index (κ2) is 5.74. The zero-order valence-electron chi connectivity index (χ0n) is 10.1. The highest BCUT2D eigenvalue weighted by molar-refractivity contribution is 9.10. The number of carbonyl (C=O) groups excluding carboxylic acids is 1. The van der Waals surface area contributed by atoms with Crippen LogP contribution < -0.4 is 5.73 Å².